The van der Waals surface area contributed by atoms with Gasteiger partial charge < -0.3 is 15.8 Å². The summed E-state index contributed by atoms with van der Waals surface area (Å²) in [5.74, 6) is -2.07. The zero-order chi connectivity index (χ0) is 14.6. The summed E-state index contributed by atoms with van der Waals surface area (Å²) in [6.07, 6.45) is 0.397. The molecular weight excluding hydrogens is 261 g/mol. The molecule has 0 fully saturated rings. The maximum absolute atomic E-state index is 13.4. The third-order valence-corrected chi connectivity index (χ3v) is 2.66. The van der Waals surface area contributed by atoms with E-state index in [4.69, 9.17) is 5.73 Å². The third kappa shape index (κ3) is 4.13. The smallest absolute Gasteiger partial charge is 0.387 e. The largest absolute Gasteiger partial charge is 0.432 e. The molecule has 1 unspecified atom stereocenters. The number of hydrogen-bond acceptors (Lipinski definition) is 3. The Hall–Kier alpha value is -1.76. The van der Waals surface area contributed by atoms with Crippen molar-refractivity contribution in [2.45, 2.75) is 32.4 Å². The van der Waals surface area contributed by atoms with Crippen molar-refractivity contribution in [3.05, 3.63) is 24.0 Å². The molecular formula is C12H15F3N2O2. The van der Waals surface area contributed by atoms with E-state index in [1.807, 2.05) is 0 Å². The van der Waals surface area contributed by atoms with Crippen molar-refractivity contribution in [2.24, 2.45) is 5.73 Å². The SMILES string of the molecule is CCC(C)(N)C(=O)Nc1ccc(OC(F)F)c(F)c1. The maximum atomic E-state index is 13.4. The molecule has 0 aliphatic carbocycles. The number of hydrogen-bond donors (Lipinski definition) is 2. The van der Waals surface area contributed by atoms with Gasteiger partial charge in [-0.3, -0.25) is 4.79 Å². The number of ether oxygens (including phenoxy) is 1. The highest BCUT2D eigenvalue weighted by Gasteiger charge is 2.26. The summed E-state index contributed by atoms with van der Waals surface area (Å²) in [4.78, 5) is 11.7. The fourth-order valence-electron chi connectivity index (χ4n) is 1.20. The molecule has 0 saturated carbocycles. The molecule has 1 aromatic rings. The Morgan fingerprint density at radius 1 is 1.53 bits per heavy atom. The predicted octanol–water partition coefficient (Wildman–Crippen LogP) is 2.49. The summed E-state index contributed by atoms with van der Waals surface area (Å²) in [7, 11) is 0. The second-order valence-corrected chi connectivity index (χ2v) is 4.25. The van der Waals surface area contributed by atoms with Gasteiger partial charge >= 0.3 is 6.61 Å². The molecule has 0 radical (unpaired) electrons. The number of anilines is 1. The minimum absolute atomic E-state index is 0.120. The highest BCUT2D eigenvalue weighted by Crippen LogP contribution is 2.23. The summed E-state index contributed by atoms with van der Waals surface area (Å²) in [5, 5.41) is 2.41. The van der Waals surface area contributed by atoms with Crippen LogP contribution in [0.2, 0.25) is 0 Å². The van der Waals surface area contributed by atoms with E-state index in [-0.39, 0.29) is 5.69 Å². The van der Waals surface area contributed by atoms with E-state index in [0.717, 1.165) is 12.1 Å². The monoisotopic (exact) mass is 276 g/mol. The summed E-state index contributed by atoms with van der Waals surface area (Å²) in [6, 6.07) is 3.16. The van der Waals surface area contributed by atoms with Crippen LogP contribution in [0, 0.1) is 5.82 Å². The zero-order valence-corrected chi connectivity index (χ0v) is 10.5. The van der Waals surface area contributed by atoms with Gasteiger partial charge in [-0.2, -0.15) is 8.78 Å². The van der Waals surface area contributed by atoms with Gasteiger partial charge in [0, 0.05) is 11.8 Å². The van der Waals surface area contributed by atoms with E-state index in [1.165, 1.54) is 13.0 Å². The van der Waals surface area contributed by atoms with Gasteiger partial charge in [-0.25, -0.2) is 4.39 Å². The van der Waals surface area contributed by atoms with Crippen molar-refractivity contribution in [1.82, 2.24) is 0 Å². The number of amides is 1. The molecule has 7 heteroatoms. The third-order valence-electron chi connectivity index (χ3n) is 2.66. The van der Waals surface area contributed by atoms with Gasteiger partial charge in [0.1, 0.15) is 0 Å². The molecule has 19 heavy (non-hydrogen) atoms. The average molecular weight is 276 g/mol. The lowest BCUT2D eigenvalue weighted by Gasteiger charge is -2.21. The highest BCUT2D eigenvalue weighted by molar-refractivity contribution is 5.97. The van der Waals surface area contributed by atoms with E-state index >= 15 is 0 Å². The average Bonchev–Trinajstić information content (AvgIpc) is 2.32. The Labute approximate surface area is 108 Å². The second-order valence-electron chi connectivity index (χ2n) is 4.25. The van der Waals surface area contributed by atoms with Crippen LogP contribution in [0.4, 0.5) is 18.9 Å². The van der Waals surface area contributed by atoms with Crippen LogP contribution in [-0.2, 0) is 4.79 Å². The topological polar surface area (TPSA) is 64.4 Å². The number of rotatable bonds is 5. The molecule has 1 aromatic carbocycles. The minimum atomic E-state index is -3.11. The van der Waals surface area contributed by atoms with Crippen LogP contribution < -0.4 is 15.8 Å². The summed E-state index contributed by atoms with van der Waals surface area (Å²) in [6.45, 7) is 0.162. The standard InChI is InChI=1S/C12H15F3N2O2/c1-3-12(2,16)10(18)17-7-4-5-9(8(13)6-7)19-11(14)15/h4-6,11H,3,16H2,1-2H3,(H,17,18). The normalized spacial score (nSPS) is 14.1. The molecule has 106 valence electrons. The Morgan fingerprint density at radius 3 is 2.63 bits per heavy atom. The lowest BCUT2D eigenvalue weighted by atomic mass is 9.99. The van der Waals surface area contributed by atoms with Gasteiger partial charge in [-0.1, -0.05) is 6.92 Å². The van der Waals surface area contributed by atoms with Crippen LogP contribution in [-0.4, -0.2) is 18.1 Å². The van der Waals surface area contributed by atoms with Crippen molar-refractivity contribution in [3.63, 3.8) is 0 Å². The van der Waals surface area contributed by atoms with Gasteiger partial charge in [0.05, 0.1) is 5.54 Å². The van der Waals surface area contributed by atoms with Gasteiger partial charge in [0.25, 0.3) is 0 Å². The molecule has 4 nitrogen and oxygen atoms in total. The second kappa shape index (κ2) is 5.92. The van der Waals surface area contributed by atoms with Crippen molar-refractivity contribution in [3.8, 4) is 5.75 Å². The highest BCUT2D eigenvalue weighted by atomic mass is 19.3. The van der Waals surface area contributed by atoms with Crippen molar-refractivity contribution < 1.29 is 22.7 Å². The quantitative estimate of drug-likeness (QED) is 0.868. The number of nitrogens with two attached hydrogens (primary N) is 1. The van der Waals surface area contributed by atoms with Gasteiger partial charge in [0.2, 0.25) is 5.91 Å². The van der Waals surface area contributed by atoms with Crippen molar-refractivity contribution in [2.75, 3.05) is 5.32 Å². The first-order valence-electron chi connectivity index (χ1n) is 5.61. The van der Waals surface area contributed by atoms with E-state index in [0.29, 0.717) is 6.42 Å². The zero-order valence-electron chi connectivity index (χ0n) is 10.5. The van der Waals surface area contributed by atoms with E-state index in [1.54, 1.807) is 6.92 Å². The molecule has 0 aliphatic heterocycles. The molecule has 0 aromatic heterocycles. The molecule has 0 heterocycles. The van der Waals surface area contributed by atoms with E-state index in [2.05, 4.69) is 10.1 Å². The first kappa shape index (κ1) is 15.3. The van der Waals surface area contributed by atoms with Crippen molar-refractivity contribution in [1.29, 1.82) is 0 Å². The molecule has 0 saturated heterocycles. The molecule has 0 spiro atoms. The Balaban J connectivity index is 2.82. The van der Waals surface area contributed by atoms with E-state index < -0.39 is 29.6 Å². The Kier molecular flexibility index (Phi) is 4.77. The number of nitrogens with one attached hydrogen (secondary N) is 1. The summed E-state index contributed by atoms with van der Waals surface area (Å²) < 4.78 is 41.2. The lowest BCUT2D eigenvalue weighted by molar-refractivity contribution is -0.120. The number of carbonyl (C=O) groups is 1. The van der Waals surface area contributed by atoms with E-state index in [9.17, 15) is 18.0 Å². The maximum Gasteiger partial charge on any atom is 0.387 e. The number of carbonyl (C=O) groups excluding carboxylic acids is 1. The van der Waals surface area contributed by atoms with Gasteiger partial charge in [-0.05, 0) is 25.5 Å². The van der Waals surface area contributed by atoms with Gasteiger partial charge in [0.15, 0.2) is 11.6 Å². The number of alkyl halides is 2. The summed E-state index contributed by atoms with van der Waals surface area (Å²) >= 11 is 0. The van der Waals surface area contributed by atoms with Crippen LogP contribution in [0.1, 0.15) is 20.3 Å². The van der Waals surface area contributed by atoms with Crippen molar-refractivity contribution >= 4 is 11.6 Å². The molecule has 1 amide bonds. The first-order valence-corrected chi connectivity index (χ1v) is 5.61. The fourth-order valence-corrected chi connectivity index (χ4v) is 1.20. The van der Waals surface area contributed by atoms with Crippen LogP contribution in [0.25, 0.3) is 0 Å². The number of benzene rings is 1. The minimum Gasteiger partial charge on any atom is -0.432 e. The molecule has 0 bridgehead atoms. The molecule has 1 rings (SSSR count). The van der Waals surface area contributed by atoms with Crippen LogP contribution in [0.5, 0.6) is 5.75 Å². The van der Waals surface area contributed by atoms with Crippen LogP contribution >= 0.6 is 0 Å². The van der Waals surface area contributed by atoms with Crippen LogP contribution in [0.15, 0.2) is 18.2 Å². The van der Waals surface area contributed by atoms with Gasteiger partial charge in [-0.15, -0.1) is 0 Å². The predicted molar refractivity (Wildman–Crippen MR) is 64.5 cm³/mol. The Bertz CT molecular complexity index is 464. The molecule has 3 N–H and O–H groups in total. The Morgan fingerprint density at radius 2 is 2.16 bits per heavy atom. The van der Waals surface area contributed by atoms with Crippen LogP contribution in [0.3, 0.4) is 0 Å². The summed E-state index contributed by atoms with van der Waals surface area (Å²) in [5.41, 5.74) is 4.74. The number of halogens is 3. The first-order chi connectivity index (χ1) is 8.76. The molecule has 1 atom stereocenters. The lowest BCUT2D eigenvalue weighted by Crippen LogP contribution is -2.47. The molecule has 0 aliphatic rings. The fraction of sp³-hybridized carbons (Fsp3) is 0.417.